The molecule has 116 valence electrons. The summed E-state index contributed by atoms with van der Waals surface area (Å²) in [5.41, 5.74) is 0.352. The number of carbonyl (C=O) groups excluding carboxylic acids is 1. The fourth-order valence-corrected chi connectivity index (χ4v) is 1.74. The van der Waals surface area contributed by atoms with Gasteiger partial charge >= 0.3 is 0 Å². The lowest BCUT2D eigenvalue weighted by atomic mass is 10.1. The summed E-state index contributed by atoms with van der Waals surface area (Å²) in [5, 5.41) is 2.75. The number of methoxy groups -OCH3 is 1. The van der Waals surface area contributed by atoms with E-state index in [1.54, 1.807) is 6.07 Å². The van der Waals surface area contributed by atoms with Crippen molar-refractivity contribution in [2.75, 3.05) is 13.7 Å². The predicted octanol–water partition coefficient (Wildman–Crippen LogP) is 3.81. The number of amides is 1. The van der Waals surface area contributed by atoms with Gasteiger partial charge in [-0.25, -0.2) is 8.78 Å². The molecule has 0 spiro atoms. The number of nitrogens with one attached hydrogen (secondary N) is 1. The van der Waals surface area contributed by atoms with Gasteiger partial charge in [0.15, 0.2) is 0 Å². The Morgan fingerprint density at radius 1 is 1.38 bits per heavy atom. The van der Waals surface area contributed by atoms with Crippen molar-refractivity contribution in [1.29, 1.82) is 0 Å². The average Bonchev–Trinajstić information content (AvgIpc) is 2.44. The summed E-state index contributed by atoms with van der Waals surface area (Å²) in [7, 11) is 1.35. The summed E-state index contributed by atoms with van der Waals surface area (Å²) >= 11 is 0. The molecule has 0 radical (unpaired) electrons. The molecular weight excluding hydrogens is 276 g/mol. The number of ether oxygens (including phenoxy) is 1. The van der Waals surface area contributed by atoms with Gasteiger partial charge in [-0.3, -0.25) is 4.79 Å². The van der Waals surface area contributed by atoms with Crippen LogP contribution in [0, 0.1) is 5.92 Å². The molecule has 0 heterocycles. The van der Waals surface area contributed by atoms with E-state index in [9.17, 15) is 13.6 Å². The van der Waals surface area contributed by atoms with Gasteiger partial charge in [0.25, 0.3) is 6.43 Å². The second kappa shape index (κ2) is 8.39. The number of hydrogen-bond donors (Lipinski definition) is 1. The number of benzene rings is 1. The standard InChI is InChI=1S/C16H21F2NO2/c1-11(2)8-9-19-15(20)7-5-12-4-6-14(21-3)13(10-12)16(17)18/h4-7,10-11,16H,8-9H2,1-3H3,(H,19,20)/b7-5+. The van der Waals surface area contributed by atoms with Crippen LogP contribution in [-0.2, 0) is 4.79 Å². The predicted molar refractivity (Wildman–Crippen MR) is 79.4 cm³/mol. The van der Waals surface area contributed by atoms with Gasteiger partial charge in [-0.15, -0.1) is 0 Å². The Kier molecular flexibility index (Phi) is 6.85. The molecular formula is C16H21F2NO2. The van der Waals surface area contributed by atoms with Crippen LogP contribution in [-0.4, -0.2) is 19.6 Å². The van der Waals surface area contributed by atoms with Crippen molar-refractivity contribution in [1.82, 2.24) is 5.32 Å². The Morgan fingerprint density at radius 3 is 2.67 bits per heavy atom. The summed E-state index contributed by atoms with van der Waals surface area (Å²) in [6, 6.07) is 4.42. The molecule has 5 heteroatoms. The topological polar surface area (TPSA) is 38.3 Å². The second-order valence-electron chi connectivity index (χ2n) is 5.11. The van der Waals surface area contributed by atoms with Crippen LogP contribution >= 0.6 is 0 Å². The normalized spacial score (nSPS) is 11.4. The van der Waals surface area contributed by atoms with E-state index in [1.807, 2.05) is 0 Å². The van der Waals surface area contributed by atoms with Crippen molar-refractivity contribution < 1.29 is 18.3 Å². The SMILES string of the molecule is COc1ccc(/C=C/C(=O)NCCC(C)C)cc1C(F)F. The Morgan fingerprint density at radius 2 is 2.10 bits per heavy atom. The molecule has 3 nitrogen and oxygen atoms in total. The van der Waals surface area contributed by atoms with Gasteiger partial charge in [-0.1, -0.05) is 19.9 Å². The molecule has 0 aliphatic rings. The quantitative estimate of drug-likeness (QED) is 0.777. The van der Waals surface area contributed by atoms with E-state index in [0.717, 1.165) is 6.42 Å². The molecule has 1 aromatic carbocycles. The molecule has 1 amide bonds. The zero-order chi connectivity index (χ0) is 15.8. The number of rotatable bonds is 7. The summed E-state index contributed by atoms with van der Waals surface area (Å²) in [6.07, 6.45) is 1.14. The first-order chi connectivity index (χ1) is 9.93. The Hall–Kier alpha value is -1.91. The van der Waals surface area contributed by atoms with Crippen LogP contribution in [0.2, 0.25) is 0 Å². The maximum absolute atomic E-state index is 12.9. The Bertz CT molecular complexity index is 499. The first-order valence-corrected chi connectivity index (χ1v) is 6.86. The Labute approximate surface area is 124 Å². The molecule has 0 unspecified atom stereocenters. The van der Waals surface area contributed by atoms with Crippen LogP contribution in [0.1, 0.15) is 37.8 Å². The van der Waals surface area contributed by atoms with Gasteiger partial charge < -0.3 is 10.1 Å². The Balaban J connectivity index is 2.67. The zero-order valence-corrected chi connectivity index (χ0v) is 12.5. The van der Waals surface area contributed by atoms with Gasteiger partial charge in [0, 0.05) is 12.6 Å². The monoisotopic (exact) mass is 297 g/mol. The molecule has 0 bridgehead atoms. The molecule has 0 aliphatic carbocycles. The smallest absolute Gasteiger partial charge is 0.267 e. The molecule has 0 fully saturated rings. The third kappa shape index (κ3) is 5.94. The number of carbonyl (C=O) groups is 1. The van der Waals surface area contributed by atoms with Crippen molar-refractivity contribution >= 4 is 12.0 Å². The third-order valence-corrected chi connectivity index (χ3v) is 2.94. The summed E-state index contributed by atoms with van der Waals surface area (Å²) in [6.45, 7) is 4.75. The van der Waals surface area contributed by atoms with E-state index < -0.39 is 6.43 Å². The van der Waals surface area contributed by atoms with E-state index in [4.69, 9.17) is 4.74 Å². The first-order valence-electron chi connectivity index (χ1n) is 6.86. The van der Waals surface area contributed by atoms with Gasteiger partial charge in [0.1, 0.15) is 5.75 Å². The van der Waals surface area contributed by atoms with Gasteiger partial charge in [0.05, 0.1) is 12.7 Å². The number of hydrogen-bond acceptors (Lipinski definition) is 2. The lowest BCUT2D eigenvalue weighted by Gasteiger charge is -2.08. The minimum Gasteiger partial charge on any atom is -0.496 e. The minimum absolute atomic E-state index is 0.142. The van der Waals surface area contributed by atoms with Crippen LogP contribution in [0.4, 0.5) is 8.78 Å². The van der Waals surface area contributed by atoms with Crippen LogP contribution in [0.15, 0.2) is 24.3 Å². The fraction of sp³-hybridized carbons (Fsp3) is 0.438. The van der Waals surface area contributed by atoms with E-state index in [1.165, 1.54) is 31.4 Å². The highest BCUT2D eigenvalue weighted by Gasteiger charge is 2.13. The molecule has 1 N–H and O–H groups in total. The highest BCUT2D eigenvalue weighted by Crippen LogP contribution is 2.29. The lowest BCUT2D eigenvalue weighted by Crippen LogP contribution is -2.23. The minimum atomic E-state index is -2.62. The van der Waals surface area contributed by atoms with E-state index in [-0.39, 0.29) is 17.2 Å². The third-order valence-electron chi connectivity index (χ3n) is 2.94. The van der Waals surface area contributed by atoms with E-state index in [0.29, 0.717) is 18.0 Å². The highest BCUT2D eigenvalue weighted by atomic mass is 19.3. The number of alkyl halides is 2. The largest absolute Gasteiger partial charge is 0.496 e. The molecule has 0 saturated carbocycles. The summed E-state index contributed by atoms with van der Waals surface area (Å²) < 4.78 is 30.6. The second-order valence-corrected chi connectivity index (χ2v) is 5.11. The molecule has 0 saturated heterocycles. The molecule has 21 heavy (non-hydrogen) atoms. The zero-order valence-electron chi connectivity index (χ0n) is 12.5. The molecule has 0 aromatic heterocycles. The summed E-state index contributed by atoms with van der Waals surface area (Å²) in [5.74, 6) is 0.429. The van der Waals surface area contributed by atoms with Crippen molar-refractivity contribution in [3.8, 4) is 5.75 Å². The average molecular weight is 297 g/mol. The molecule has 1 rings (SSSR count). The molecule has 1 aromatic rings. The number of halogens is 2. The van der Waals surface area contributed by atoms with Crippen LogP contribution in [0.25, 0.3) is 6.08 Å². The highest BCUT2D eigenvalue weighted by molar-refractivity contribution is 5.91. The lowest BCUT2D eigenvalue weighted by molar-refractivity contribution is -0.116. The first kappa shape index (κ1) is 17.1. The van der Waals surface area contributed by atoms with Crippen LogP contribution < -0.4 is 10.1 Å². The van der Waals surface area contributed by atoms with Crippen molar-refractivity contribution in [2.24, 2.45) is 5.92 Å². The van der Waals surface area contributed by atoms with Crippen LogP contribution in [0.5, 0.6) is 5.75 Å². The van der Waals surface area contributed by atoms with E-state index >= 15 is 0 Å². The van der Waals surface area contributed by atoms with Crippen LogP contribution in [0.3, 0.4) is 0 Å². The van der Waals surface area contributed by atoms with Gasteiger partial charge in [-0.05, 0) is 36.1 Å². The van der Waals surface area contributed by atoms with Crippen molar-refractivity contribution in [3.05, 3.63) is 35.4 Å². The van der Waals surface area contributed by atoms with Gasteiger partial charge in [0.2, 0.25) is 5.91 Å². The van der Waals surface area contributed by atoms with E-state index in [2.05, 4.69) is 19.2 Å². The fourth-order valence-electron chi connectivity index (χ4n) is 1.74. The summed E-state index contributed by atoms with van der Waals surface area (Å²) in [4.78, 5) is 11.6. The molecule has 0 atom stereocenters. The van der Waals surface area contributed by atoms with Gasteiger partial charge in [-0.2, -0.15) is 0 Å². The maximum atomic E-state index is 12.9. The molecule has 0 aliphatic heterocycles. The van der Waals surface area contributed by atoms with Crippen molar-refractivity contribution in [3.63, 3.8) is 0 Å². The maximum Gasteiger partial charge on any atom is 0.267 e. The van der Waals surface area contributed by atoms with Crippen molar-refractivity contribution in [2.45, 2.75) is 26.7 Å².